The van der Waals surface area contributed by atoms with Crippen LogP contribution in [0.2, 0.25) is 0 Å². The highest BCUT2D eigenvalue weighted by atomic mass is 16.6. The van der Waals surface area contributed by atoms with Crippen molar-refractivity contribution in [3.05, 3.63) is 24.3 Å². The lowest BCUT2D eigenvalue weighted by Crippen LogP contribution is -2.58. The molecular formula is C14H16N2O5. The van der Waals surface area contributed by atoms with Gasteiger partial charge in [-0.2, -0.15) is 0 Å². The van der Waals surface area contributed by atoms with Gasteiger partial charge < -0.3 is 24.8 Å². The maximum absolute atomic E-state index is 12.4. The van der Waals surface area contributed by atoms with Crippen LogP contribution in [-0.2, 0) is 9.59 Å². The first-order valence-electron chi connectivity index (χ1n) is 6.78. The van der Waals surface area contributed by atoms with Crippen molar-refractivity contribution < 1.29 is 24.2 Å². The molecule has 0 saturated carbocycles. The van der Waals surface area contributed by atoms with Crippen LogP contribution in [0.5, 0.6) is 11.5 Å². The molecule has 0 aliphatic carbocycles. The van der Waals surface area contributed by atoms with E-state index in [0.717, 1.165) is 0 Å². The molecule has 7 nitrogen and oxygen atoms in total. The summed E-state index contributed by atoms with van der Waals surface area (Å²) in [5.41, 5.74) is 0. The maximum Gasteiger partial charge on any atom is 0.322 e. The van der Waals surface area contributed by atoms with Gasteiger partial charge in [0, 0.05) is 19.6 Å². The summed E-state index contributed by atoms with van der Waals surface area (Å²) >= 11 is 0. The van der Waals surface area contributed by atoms with E-state index >= 15 is 0 Å². The summed E-state index contributed by atoms with van der Waals surface area (Å²) < 4.78 is 11.2. The van der Waals surface area contributed by atoms with Gasteiger partial charge in [-0.15, -0.1) is 0 Å². The summed E-state index contributed by atoms with van der Waals surface area (Å²) in [5.74, 6) is -0.0480. The molecule has 0 aromatic heterocycles. The average molecular weight is 292 g/mol. The number of carbonyl (C=O) groups is 2. The van der Waals surface area contributed by atoms with Crippen molar-refractivity contribution in [3.63, 3.8) is 0 Å². The van der Waals surface area contributed by atoms with Crippen LogP contribution in [0.25, 0.3) is 0 Å². The van der Waals surface area contributed by atoms with Crippen LogP contribution in [0.3, 0.4) is 0 Å². The van der Waals surface area contributed by atoms with E-state index in [-0.39, 0.29) is 19.1 Å². The minimum atomic E-state index is -0.960. The number of ether oxygens (including phenoxy) is 2. The Morgan fingerprint density at radius 1 is 1.29 bits per heavy atom. The summed E-state index contributed by atoms with van der Waals surface area (Å²) in [5, 5.41) is 11.9. The fourth-order valence-corrected chi connectivity index (χ4v) is 2.46. The van der Waals surface area contributed by atoms with Gasteiger partial charge in [-0.05, 0) is 12.1 Å². The molecule has 1 saturated heterocycles. The molecule has 0 bridgehead atoms. The molecular weight excluding hydrogens is 276 g/mol. The molecule has 2 aliphatic heterocycles. The molecule has 2 N–H and O–H groups in total. The van der Waals surface area contributed by atoms with Crippen LogP contribution in [0.1, 0.15) is 0 Å². The lowest BCUT2D eigenvalue weighted by Gasteiger charge is -2.35. The largest absolute Gasteiger partial charge is 0.485 e. The van der Waals surface area contributed by atoms with Gasteiger partial charge in [-0.3, -0.25) is 9.59 Å². The first kappa shape index (κ1) is 13.7. The third-order valence-corrected chi connectivity index (χ3v) is 3.57. The second-order valence-electron chi connectivity index (χ2n) is 4.99. The molecule has 2 atom stereocenters. The van der Waals surface area contributed by atoms with Gasteiger partial charge in [0.1, 0.15) is 12.6 Å². The smallest absolute Gasteiger partial charge is 0.322 e. The van der Waals surface area contributed by atoms with E-state index in [9.17, 15) is 9.59 Å². The number of hydrogen-bond donors (Lipinski definition) is 2. The van der Waals surface area contributed by atoms with Crippen LogP contribution >= 0.6 is 0 Å². The summed E-state index contributed by atoms with van der Waals surface area (Å²) in [6.07, 6.45) is -0.729. The van der Waals surface area contributed by atoms with Gasteiger partial charge in [0.15, 0.2) is 11.5 Å². The Kier molecular flexibility index (Phi) is 3.66. The summed E-state index contributed by atoms with van der Waals surface area (Å²) in [7, 11) is 0. The van der Waals surface area contributed by atoms with Crippen LogP contribution < -0.4 is 14.8 Å². The Hall–Kier alpha value is -2.28. The number of carboxylic acids is 1. The molecule has 1 amide bonds. The number of nitrogens with zero attached hydrogens (tertiary/aromatic N) is 1. The van der Waals surface area contributed by atoms with Crippen LogP contribution in [0, 0.1) is 0 Å². The Morgan fingerprint density at radius 3 is 2.81 bits per heavy atom. The topological polar surface area (TPSA) is 88.1 Å². The van der Waals surface area contributed by atoms with Crippen LogP contribution in [0.15, 0.2) is 24.3 Å². The highest BCUT2D eigenvalue weighted by Crippen LogP contribution is 2.31. The number of amides is 1. The third kappa shape index (κ3) is 2.78. The minimum Gasteiger partial charge on any atom is -0.485 e. The molecule has 112 valence electrons. The van der Waals surface area contributed by atoms with E-state index in [0.29, 0.717) is 24.6 Å². The zero-order valence-corrected chi connectivity index (χ0v) is 11.3. The van der Waals surface area contributed by atoms with E-state index in [4.69, 9.17) is 14.6 Å². The third-order valence-electron chi connectivity index (χ3n) is 3.57. The van der Waals surface area contributed by atoms with Crippen LogP contribution in [-0.4, -0.2) is 60.3 Å². The van der Waals surface area contributed by atoms with E-state index < -0.39 is 18.1 Å². The first-order valence-corrected chi connectivity index (χ1v) is 6.78. The molecule has 21 heavy (non-hydrogen) atoms. The molecule has 7 heteroatoms. The van der Waals surface area contributed by atoms with Crippen LogP contribution in [0.4, 0.5) is 0 Å². The first-order chi connectivity index (χ1) is 10.1. The molecule has 2 aliphatic rings. The van der Waals surface area contributed by atoms with Gasteiger partial charge in [-0.25, -0.2) is 0 Å². The van der Waals surface area contributed by atoms with Crippen molar-refractivity contribution in [1.29, 1.82) is 0 Å². The van der Waals surface area contributed by atoms with Crippen molar-refractivity contribution in [2.75, 3.05) is 26.2 Å². The zero-order valence-electron chi connectivity index (χ0n) is 11.3. The molecule has 1 aromatic carbocycles. The number of hydrogen-bond acceptors (Lipinski definition) is 5. The summed E-state index contributed by atoms with van der Waals surface area (Å²) in [6, 6.07) is 6.42. The van der Waals surface area contributed by atoms with Gasteiger partial charge in [0.2, 0.25) is 6.10 Å². The predicted octanol–water partition coefficient (Wildman–Crippen LogP) is -0.289. The fourth-order valence-electron chi connectivity index (χ4n) is 2.46. The molecule has 0 spiro atoms. The zero-order chi connectivity index (χ0) is 14.8. The lowest BCUT2D eigenvalue weighted by atomic mass is 10.2. The fraction of sp³-hybridized carbons (Fsp3) is 0.429. The van der Waals surface area contributed by atoms with E-state index in [2.05, 4.69) is 5.32 Å². The number of aliphatic carboxylic acids is 1. The second-order valence-corrected chi connectivity index (χ2v) is 4.99. The van der Waals surface area contributed by atoms with Crippen molar-refractivity contribution in [1.82, 2.24) is 10.2 Å². The van der Waals surface area contributed by atoms with Crippen molar-refractivity contribution in [2.24, 2.45) is 0 Å². The monoisotopic (exact) mass is 292 g/mol. The predicted molar refractivity (Wildman–Crippen MR) is 72.4 cm³/mol. The Bertz CT molecular complexity index is 562. The number of piperazine rings is 1. The Labute approximate surface area is 121 Å². The van der Waals surface area contributed by atoms with Gasteiger partial charge >= 0.3 is 5.97 Å². The standard InChI is InChI=1S/C14H16N2O5/c17-13(16-6-5-15-9(7-16)14(18)19)12-8-20-10-3-1-2-4-11(10)21-12/h1-4,9,12,15H,5-8H2,(H,18,19)/t9-,12+/m0/s1. The minimum absolute atomic E-state index is 0.135. The van der Waals surface area contributed by atoms with Crippen molar-refractivity contribution in [3.8, 4) is 11.5 Å². The van der Waals surface area contributed by atoms with Crippen molar-refractivity contribution >= 4 is 11.9 Å². The molecule has 1 fully saturated rings. The lowest BCUT2D eigenvalue weighted by molar-refractivity contribution is -0.146. The molecule has 0 radical (unpaired) electrons. The number of carboxylic acid groups (broad SMARTS) is 1. The normalized spacial score (nSPS) is 24.5. The summed E-state index contributed by atoms with van der Waals surface area (Å²) in [4.78, 5) is 24.9. The number of nitrogens with one attached hydrogen (secondary N) is 1. The van der Waals surface area contributed by atoms with E-state index in [1.165, 1.54) is 4.90 Å². The molecule has 0 unspecified atom stereocenters. The Balaban J connectivity index is 1.67. The average Bonchev–Trinajstić information content (AvgIpc) is 2.53. The van der Waals surface area contributed by atoms with Gasteiger partial charge in [-0.1, -0.05) is 12.1 Å². The number of rotatable bonds is 2. The van der Waals surface area contributed by atoms with Gasteiger partial charge in [0.25, 0.3) is 5.91 Å². The highest BCUT2D eigenvalue weighted by molar-refractivity contribution is 5.83. The molecule has 1 aromatic rings. The quantitative estimate of drug-likeness (QED) is 0.779. The Morgan fingerprint density at radius 2 is 2.05 bits per heavy atom. The number of para-hydroxylation sites is 2. The number of carbonyl (C=O) groups excluding carboxylic acids is 1. The van der Waals surface area contributed by atoms with Crippen molar-refractivity contribution in [2.45, 2.75) is 12.1 Å². The molecule has 2 heterocycles. The highest BCUT2D eigenvalue weighted by Gasteiger charge is 2.34. The number of benzene rings is 1. The van der Waals surface area contributed by atoms with Gasteiger partial charge in [0.05, 0.1) is 0 Å². The SMILES string of the molecule is O=C(O)[C@@H]1CN(C(=O)[C@H]2COc3ccccc3O2)CCN1. The van der Waals surface area contributed by atoms with E-state index in [1.807, 2.05) is 6.07 Å². The second kappa shape index (κ2) is 5.61. The maximum atomic E-state index is 12.4. The molecule has 3 rings (SSSR count). The number of fused-ring (bicyclic) bond motifs is 1. The summed E-state index contributed by atoms with van der Waals surface area (Å²) in [6.45, 7) is 1.18. The van der Waals surface area contributed by atoms with E-state index in [1.54, 1.807) is 18.2 Å².